The number of rotatable bonds is 8. The summed E-state index contributed by atoms with van der Waals surface area (Å²) in [6.07, 6.45) is 5.13. The fourth-order valence-corrected chi connectivity index (χ4v) is 5.75. The van der Waals surface area contributed by atoms with Gasteiger partial charge in [-0.3, -0.25) is 14.5 Å². The quantitative estimate of drug-likeness (QED) is 0.389. The Hall–Kier alpha value is -2.47. The molecule has 1 atom stereocenters. The Morgan fingerprint density at radius 2 is 1.87 bits per heavy atom. The molecule has 1 N–H and O–H groups in total. The molecular formula is C27H42N4O6S. The minimum Gasteiger partial charge on any atom is -0.491 e. The third-order valence-electron chi connectivity index (χ3n) is 6.75. The molecule has 2 aliphatic rings. The van der Waals surface area contributed by atoms with Crippen LogP contribution in [0.4, 0.5) is 0 Å². The number of benzene rings is 1. The summed E-state index contributed by atoms with van der Waals surface area (Å²) in [6.45, 7) is 10.8. The molecule has 3 rings (SSSR count). The first-order valence-electron chi connectivity index (χ1n) is 13.3. The predicted molar refractivity (Wildman–Crippen MR) is 146 cm³/mol. The van der Waals surface area contributed by atoms with Gasteiger partial charge in [-0.1, -0.05) is 26.0 Å². The Labute approximate surface area is 227 Å². The van der Waals surface area contributed by atoms with Crippen molar-refractivity contribution in [2.45, 2.75) is 44.6 Å². The van der Waals surface area contributed by atoms with E-state index in [2.05, 4.69) is 23.5 Å². The van der Waals surface area contributed by atoms with Crippen LogP contribution < -0.4 is 9.46 Å². The van der Waals surface area contributed by atoms with Crippen LogP contribution in [0.1, 0.15) is 44.0 Å². The second-order valence-corrected chi connectivity index (χ2v) is 12.1. The molecule has 10 nitrogen and oxygen atoms in total. The van der Waals surface area contributed by atoms with Gasteiger partial charge in [0, 0.05) is 46.7 Å². The Morgan fingerprint density at radius 1 is 1.16 bits per heavy atom. The molecule has 2 amide bonds. The molecule has 0 bridgehead atoms. The number of sulfonamides is 1. The number of carbonyl (C=O) groups excluding carboxylic acids is 2. The van der Waals surface area contributed by atoms with Crippen molar-refractivity contribution in [3.8, 4) is 5.75 Å². The van der Waals surface area contributed by atoms with E-state index >= 15 is 0 Å². The first kappa shape index (κ1) is 30.1. The van der Waals surface area contributed by atoms with Gasteiger partial charge < -0.3 is 19.3 Å². The van der Waals surface area contributed by atoms with Gasteiger partial charge in [-0.25, -0.2) is 13.1 Å². The Morgan fingerprint density at radius 3 is 2.55 bits per heavy atom. The maximum Gasteiger partial charge on any atom is 0.257 e. The lowest BCUT2D eigenvalue weighted by atomic mass is 10.0. The summed E-state index contributed by atoms with van der Waals surface area (Å²) in [5.41, 5.74) is 0.176. The summed E-state index contributed by atoms with van der Waals surface area (Å²) in [4.78, 5) is 31.3. The number of carbonyl (C=O) groups is 2. The number of ether oxygens (including phenoxy) is 2. The van der Waals surface area contributed by atoms with Gasteiger partial charge >= 0.3 is 0 Å². The van der Waals surface area contributed by atoms with Crippen molar-refractivity contribution in [3.05, 3.63) is 35.9 Å². The largest absolute Gasteiger partial charge is 0.491 e. The Kier molecular flexibility index (Phi) is 11.1. The van der Waals surface area contributed by atoms with Gasteiger partial charge in [0.2, 0.25) is 15.9 Å². The van der Waals surface area contributed by atoms with Crippen LogP contribution in [0.25, 0.3) is 0 Å². The third kappa shape index (κ3) is 8.52. The number of fused-ring (bicyclic) bond motifs is 1. The van der Waals surface area contributed by atoms with Gasteiger partial charge in [0.1, 0.15) is 12.4 Å². The highest BCUT2D eigenvalue weighted by Gasteiger charge is 2.26. The van der Waals surface area contributed by atoms with Gasteiger partial charge in [-0.15, -0.1) is 0 Å². The number of likely N-dealkylation sites (N-methyl/N-ethyl adjacent to an activating group) is 1. The molecule has 0 aliphatic carbocycles. The van der Waals surface area contributed by atoms with Crippen molar-refractivity contribution in [3.63, 3.8) is 0 Å². The molecule has 1 aromatic carbocycles. The van der Waals surface area contributed by atoms with Crippen LogP contribution in [0.2, 0.25) is 0 Å². The number of nitrogens with one attached hydrogen (secondary N) is 1. The molecule has 212 valence electrons. The summed E-state index contributed by atoms with van der Waals surface area (Å²) in [5, 5.41) is 0. The van der Waals surface area contributed by atoms with E-state index in [1.54, 1.807) is 18.9 Å². The second kappa shape index (κ2) is 14.1. The van der Waals surface area contributed by atoms with Crippen LogP contribution in [0.15, 0.2) is 35.2 Å². The molecule has 1 aromatic rings. The molecule has 0 radical (unpaired) electrons. The number of hydrogen-bond donors (Lipinski definition) is 1. The maximum absolute atomic E-state index is 13.3. The smallest absolute Gasteiger partial charge is 0.257 e. The normalized spacial score (nSPS) is 20.0. The average molecular weight is 551 g/mol. The first-order valence-corrected chi connectivity index (χ1v) is 14.8. The second-order valence-electron chi connectivity index (χ2n) is 10.3. The molecule has 0 saturated carbocycles. The van der Waals surface area contributed by atoms with Crippen molar-refractivity contribution in [1.29, 1.82) is 0 Å². The van der Waals surface area contributed by atoms with Crippen LogP contribution in [-0.2, 0) is 19.6 Å². The minimum absolute atomic E-state index is 0.0136. The highest BCUT2D eigenvalue weighted by molar-refractivity contribution is 7.89. The lowest BCUT2D eigenvalue weighted by molar-refractivity contribution is -0.131. The standard InChI is InChI=1S/C27H42N4O6S/c1-21(2)18-23-20-37-26-9-8-24(38(34,35)28-10-7-12-30-14-16-36-17-15-30)19-25(26)27(33)29(4)11-5-6-13-31(23)22(3)32/h5-6,8-9,19,21,23,28H,7,10-18,20H2,1-4H3/t23-/m1/s1. The SMILES string of the molecule is CC(=O)N1CC=CCN(C)C(=O)c2cc(S(=O)(=O)NCCCN3CCOCC3)ccc2OC[C@H]1CC(C)C. The number of nitrogens with zero attached hydrogens (tertiary/aromatic N) is 3. The van der Waals surface area contributed by atoms with Crippen molar-refractivity contribution in [1.82, 2.24) is 19.4 Å². The van der Waals surface area contributed by atoms with Gasteiger partial charge in [0.05, 0.1) is 29.7 Å². The van der Waals surface area contributed by atoms with Crippen molar-refractivity contribution >= 4 is 21.8 Å². The van der Waals surface area contributed by atoms with Gasteiger partial charge in [0.15, 0.2) is 0 Å². The van der Waals surface area contributed by atoms with Crippen molar-refractivity contribution in [2.75, 3.05) is 66.1 Å². The molecule has 0 aromatic heterocycles. The van der Waals surface area contributed by atoms with Crippen LogP contribution in [0.3, 0.4) is 0 Å². The fourth-order valence-electron chi connectivity index (χ4n) is 4.65. The zero-order valence-electron chi connectivity index (χ0n) is 23.0. The van der Waals surface area contributed by atoms with E-state index in [4.69, 9.17) is 9.47 Å². The van der Waals surface area contributed by atoms with Crippen LogP contribution in [0.5, 0.6) is 5.75 Å². The average Bonchev–Trinajstić information content (AvgIpc) is 2.88. The predicted octanol–water partition coefficient (Wildman–Crippen LogP) is 1.97. The van der Waals surface area contributed by atoms with E-state index in [-0.39, 0.29) is 34.9 Å². The van der Waals surface area contributed by atoms with E-state index < -0.39 is 10.0 Å². The third-order valence-corrected chi connectivity index (χ3v) is 8.21. The van der Waals surface area contributed by atoms with Gasteiger partial charge in [-0.2, -0.15) is 0 Å². The number of morpholine rings is 1. The zero-order chi connectivity index (χ0) is 27.7. The number of amides is 2. The Bertz CT molecular complexity index is 1090. The molecule has 1 fully saturated rings. The molecule has 1 saturated heterocycles. The van der Waals surface area contributed by atoms with Crippen LogP contribution in [-0.4, -0.2) is 107 Å². The lowest BCUT2D eigenvalue weighted by Crippen LogP contribution is -2.44. The summed E-state index contributed by atoms with van der Waals surface area (Å²) in [6, 6.07) is 4.19. The lowest BCUT2D eigenvalue weighted by Gasteiger charge is -2.32. The van der Waals surface area contributed by atoms with E-state index in [1.807, 2.05) is 12.2 Å². The monoisotopic (exact) mass is 550 g/mol. The zero-order valence-corrected chi connectivity index (χ0v) is 23.8. The van der Waals surface area contributed by atoms with E-state index in [0.717, 1.165) is 26.1 Å². The molecule has 38 heavy (non-hydrogen) atoms. The molecule has 0 unspecified atom stereocenters. The van der Waals surface area contributed by atoms with E-state index in [9.17, 15) is 18.0 Å². The molecule has 0 spiro atoms. The van der Waals surface area contributed by atoms with Gasteiger partial charge in [0.25, 0.3) is 5.91 Å². The summed E-state index contributed by atoms with van der Waals surface area (Å²) < 4.78 is 40.2. The summed E-state index contributed by atoms with van der Waals surface area (Å²) >= 11 is 0. The van der Waals surface area contributed by atoms with E-state index in [0.29, 0.717) is 50.9 Å². The molecular weight excluding hydrogens is 508 g/mol. The maximum atomic E-state index is 13.3. The first-order chi connectivity index (χ1) is 18.1. The molecule has 11 heteroatoms. The molecule has 2 heterocycles. The fraction of sp³-hybridized carbons (Fsp3) is 0.630. The van der Waals surface area contributed by atoms with Crippen molar-refractivity contribution in [2.24, 2.45) is 5.92 Å². The summed E-state index contributed by atoms with van der Waals surface area (Å²) in [7, 11) is -2.17. The van der Waals surface area contributed by atoms with Crippen LogP contribution in [0, 0.1) is 5.92 Å². The van der Waals surface area contributed by atoms with Crippen molar-refractivity contribution < 1.29 is 27.5 Å². The highest BCUT2D eigenvalue weighted by Crippen LogP contribution is 2.26. The topological polar surface area (TPSA) is 108 Å². The Balaban J connectivity index is 1.80. The van der Waals surface area contributed by atoms with Gasteiger partial charge in [-0.05, 0) is 43.5 Å². The number of hydrogen-bond acceptors (Lipinski definition) is 7. The van der Waals surface area contributed by atoms with Crippen LogP contribution >= 0.6 is 0 Å². The summed E-state index contributed by atoms with van der Waals surface area (Å²) in [5.74, 6) is 0.247. The minimum atomic E-state index is -3.82. The molecule has 2 aliphatic heterocycles. The van der Waals surface area contributed by atoms with E-state index in [1.165, 1.54) is 23.1 Å². The highest BCUT2D eigenvalue weighted by atomic mass is 32.2.